The van der Waals surface area contributed by atoms with E-state index in [1.54, 1.807) is 0 Å². The fraction of sp³-hybridized carbons (Fsp3) is 0.214. The van der Waals surface area contributed by atoms with Crippen molar-refractivity contribution in [2.45, 2.75) is 0 Å². The summed E-state index contributed by atoms with van der Waals surface area (Å²) in [4.78, 5) is 24.0. The Labute approximate surface area is 121 Å². The summed E-state index contributed by atoms with van der Waals surface area (Å²) >= 11 is 0. The van der Waals surface area contributed by atoms with Crippen molar-refractivity contribution < 1.29 is 19.2 Å². The average molecular weight is 289 g/mol. The summed E-state index contributed by atoms with van der Waals surface area (Å²) in [5.41, 5.74) is 1.87. The van der Waals surface area contributed by atoms with Crippen LogP contribution in [-0.4, -0.2) is 42.8 Å². The molecule has 0 aliphatic carbocycles. The molecular formula is C14H15N3O4. The predicted octanol–water partition coefficient (Wildman–Crippen LogP) is 1.22. The van der Waals surface area contributed by atoms with E-state index in [0.29, 0.717) is 5.76 Å². The molecule has 110 valence electrons. The van der Waals surface area contributed by atoms with Crippen molar-refractivity contribution in [3.63, 3.8) is 0 Å². The number of hydrogen-bond acceptors (Lipinski definition) is 5. The second-order valence-corrected chi connectivity index (χ2v) is 4.59. The number of carboxylic acids is 1. The molecule has 2 N–H and O–H groups in total. The molecule has 1 aromatic heterocycles. The molecule has 0 atom stereocenters. The molecule has 1 aromatic carbocycles. The first kappa shape index (κ1) is 14.6. The summed E-state index contributed by atoms with van der Waals surface area (Å²) in [6.45, 7) is -0.460. The maximum Gasteiger partial charge on any atom is 0.322 e. The lowest BCUT2D eigenvalue weighted by Gasteiger charge is -2.11. The maximum atomic E-state index is 11.6. The zero-order valence-corrected chi connectivity index (χ0v) is 11.7. The van der Waals surface area contributed by atoms with Gasteiger partial charge in [0.2, 0.25) is 0 Å². The van der Waals surface area contributed by atoms with Gasteiger partial charge in [-0.1, -0.05) is 5.16 Å². The van der Waals surface area contributed by atoms with Crippen LogP contribution in [0.5, 0.6) is 0 Å². The first-order valence-electron chi connectivity index (χ1n) is 6.22. The lowest BCUT2D eigenvalue weighted by molar-refractivity contribution is -0.135. The highest BCUT2D eigenvalue weighted by atomic mass is 16.5. The number of nitrogens with one attached hydrogen (secondary N) is 1. The van der Waals surface area contributed by atoms with E-state index in [1.807, 2.05) is 43.3 Å². The van der Waals surface area contributed by atoms with Crippen molar-refractivity contribution in [1.82, 2.24) is 10.5 Å². The Morgan fingerprint density at radius 1 is 1.29 bits per heavy atom. The molecule has 0 aliphatic heterocycles. The Kier molecular flexibility index (Phi) is 4.22. The normalized spacial score (nSPS) is 10.2. The van der Waals surface area contributed by atoms with Gasteiger partial charge in [0.1, 0.15) is 6.54 Å². The predicted molar refractivity (Wildman–Crippen MR) is 76.2 cm³/mol. The molecule has 0 saturated carbocycles. The summed E-state index contributed by atoms with van der Waals surface area (Å²) in [5, 5.41) is 14.4. The fourth-order valence-corrected chi connectivity index (χ4v) is 1.69. The van der Waals surface area contributed by atoms with Crippen LogP contribution in [0.1, 0.15) is 10.5 Å². The summed E-state index contributed by atoms with van der Waals surface area (Å²) in [5.74, 6) is -1.26. The molecule has 1 amide bonds. The van der Waals surface area contributed by atoms with E-state index < -0.39 is 18.4 Å². The minimum absolute atomic E-state index is 0.0444. The van der Waals surface area contributed by atoms with Crippen LogP contribution in [0.15, 0.2) is 34.9 Å². The molecule has 0 unspecified atom stereocenters. The second-order valence-electron chi connectivity index (χ2n) is 4.59. The first-order chi connectivity index (χ1) is 9.97. The third-order valence-electron chi connectivity index (χ3n) is 2.81. The topological polar surface area (TPSA) is 95.7 Å². The van der Waals surface area contributed by atoms with Gasteiger partial charge in [-0.3, -0.25) is 9.59 Å². The number of carboxylic acid groups (broad SMARTS) is 1. The van der Waals surface area contributed by atoms with E-state index in [9.17, 15) is 9.59 Å². The summed E-state index contributed by atoms with van der Waals surface area (Å²) in [6, 6.07) is 9.02. The van der Waals surface area contributed by atoms with Crippen LogP contribution in [0, 0.1) is 0 Å². The molecule has 0 saturated heterocycles. The van der Waals surface area contributed by atoms with E-state index >= 15 is 0 Å². The van der Waals surface area contributed by atoms with Crippen molar-refractivity contribution in [3.8, 4) is 11.3 Å². The lowest BCUT2D eigenvalue weighted by Crippen LogP contribution is -2.29. The Morgan fingerprint density at radius 3 is 2.52 bits per heavy atom. The molecule has 0 spiro atoms. The van der Waals surface area contributed by atoms with Crippen LogP contribution in [0.4, 0.5) is 5.69 Å². The van der Waals surface area contributed by atoms with Crippen molar-refractivity contribution in [1.29, 1.82) is 0 Å². The molecule has 1 heterocycles. The third kappa shape index (κ3) is 3.59. The average Bonchev–Trinajstić information content (AvgIpc) is 2.94. The molecule has 0 fully saturated rings. The molecule has 0 bridgehead atoms. The minimum atomic E-state index is -1.12. The van der Waals surface area contributed by atoms with E-state index in [1.165, 1.54) is 6.07 Å². The Morgan fingerprint density at radius 2 is 1.95 bits per heavy atom. The molecule has 7 nitrogen and oxygen atoms in total. The number of carbonyl (C=O) groups is 2. The standard InChI is InChI=1S/C14H15N3O4/c1-17(2)10-5-3-9(4-6-10)12-7-11(16-21-12)14(20)15-8-13(18)19/h3-7H,8H2,1-2H3,(H,15,20)(H,18,19). The zero-order valence-electron chi connectivity index (χ0n) is 11.7. The third-order valence-corrected chi connectivity index (χ3v) is 2.81. The Balaban J connectivity index is 2.12. The number of amides is 1. The van der Waals surface area contributed by atoms with Gasteiger partial charge in [0, 0.05) is 31.4 Å². The van der Waals surface area contributed by atoms with E-state index in [0.717, 1.165) is 11.3 Å². The highest BCUT2D eigenvalue weighted by Gasteiger charge is 2.14. The Hall–Kier alpha value is -2.83. The fourth-order valence-electron chi connectivity index (χ4n) is 1.69. The van der Waals surface area contributed by atoms with Gasteiger partial charge in [0.05, 0.1) is 0 Å². The van der Waals surface area contributed by atoms with Crippen LogP contribution in [0.25, 0.3) is 11.3 Å². The Bertz CT molecular complexity index is 646. The van der Waals surface area contributed by atoms with Gasteiger partial charge in [0.15, 0.2) is 11.5 Å². The van der Waals surface area contributed by atoms with Crippen LogP contribution < -0.4 is 10.2 Å². The van der Waals surface area contributed by atoms with Gasteiger partial charge in [-0.25, -0.2) is 0 Å². The quantitative estimate of drug-likeness (QED) is 0.859. The first-order valence-corrected chi connectivity index (χ1v) is 6.22. The summed E-state index contributed by atoms with van der Waals surface area (Å²) < 4.78 is 5.11. The highest BCUT2D eigenvalue weighted by Crippen LogP contribution is 2.23. The molecule has 2 rings (SSSR count). The van der Waals surface area contributed by atoms with Gasteiger partial charge in [-0.2, -0.15) is 0 Å². The number of anilines is 1. The number of nitrogens with zero attached hydrogens (tertiary/aromatic N) is 2. The van der Waals surface area contributed by atoms with Crippen LogP contribution in [-0.2, 0) is 4.79 Å². The number of hydrogen-bond donors (Lipinski definition) is 2. The summed E-state index contributed by atoms with van der Waals surface area (Å²) in [7, 11) is 3.88. The highest BCUT2D eigenvalue weighted by molar-refractivity contribution is 5.94. The number of carbonyl (C=O) groups excluding carboxylic acids is 1. The van der Waals surface area contributed by atoms with E-state index in [2.05, 4.69) is 10.5 Å². The summed E-state index contributed by atoms with van der Waals surface area (Å²) in [6.07, 6.45) is 0. The lowest BCUT2D eigenvalue weighted by atomic mass is 10.1. The van der Waals surface area contributed by atoms with Gasteiger partial charge in [0.25, 0.3) is 5.91 Å². The molecule has 2 aromatic rings. The van der Waals surface area contributed by atoms with Gasteiger partial charge in [-0.15, -0.1) is 0 Å². The van der Waals surface area contributed by atoms with E-state index in [4.69, 9.17) is 9.63 Å². The van der Waals surface area contributed by atoms with Crippen molar-refractivity contribution in [3.05, 3.63) is 36.0 Å². The number of aliphatic carboxylic acids is 1. The molecule has 0 radical (unpaired) electrons. The molecule has 7 heteroatoms. The largest absolute Gasteiger partial charge is 0.480 e. The van der Waals surface area contributed by atoms with Gasteiger partial charge >= 0.3 is 5.97 Å². The molecular weight excluding hydrogens is 274 g/mol. The van der Waals surface area contributed by atoms with Crippen LogP contribution >= 0.6 is 0 Å². The number of benzene rings is 1. The number of rotatable bonds is 5. The van der Waals surface area contributed by atoms with Crippen molar-refractivity contribution in [2.75, 3.05) is 25.5 Å². The monoisotopic (exact) mass is 289 g/mol. The zero-order chi connectivity index (χ0) is 15.4. The second kappa shape index (κ2) is 6.08. The van der Waals surface area contributed by atoms with Crippen LogP contribution in [0.2, 0.25) is 0 Å². The van der Waals surface area contributed by atoms with Crippen molar-refractivity contribution in [2.24, 2.45) is 0 Å². The molecule has 21 heavy (non-hydrogen) atoms. The number of aromatic nitrogens is 1. The minimum Gasteiger partial charge on any atom is -0.480 e. The maximum absolute atomic E-state index is 11.6. The SMILES string of the molecule is CN(C)c1ccc(-c2cc(C(=O)NCC(=O)O)no2)cc1. The smallest absolute Gasteiger partial charge is 0.322 e. The van der Waals surface area contributed by atoms with Gasteiger partial charge in [-0.05, 0) is 24.3 Å². The van der Waals surface area contributed by atoms with Crippen molar-refractivity contribution >= 4 is 17.6 Å². The van der Waals surface area contributed by atoms with Crippen LogP contribution in [0.3, 0.4) is 0 Å². The molecule has 0 aliphatic rings. The van der Waals surface area contributed by atoms with Gasteiger partial charge < -0.3 is 19.8 Å². The van der Waals surface area contributed by atoms with E-state index in [-0.39, 0.29) is 5.69 Å².